The molecule has 0 aromatic heterocycles. The number of fused-ring (bicyclic) bond motifs is 1. The molecule has 1 aromatic rings. The van der Waals surface area contributed by atoms with Crippen LogP contribution in [0.2, 0.25) is 0 Å². The maximum absolute atomic E-state index is 12.2. The third-order valence-electron chi connectivity index (χ3n) is 4.17. The van der Waals surface area contributed by atoms with Crippen molar-refractivity contribution in [3.8, 4) is 0 Å². The Morgan fingerprint density at radius 1 is 1.35 bits per heavy atom. The summed E-state index contributed by atoms with van der Waals surface area (Å²) in [5.74, 6) is 2.49. The Morgan fingerprint density at radius 2 is 2.13 bits per heavy atom. The van der Waals surface area contributed by atoms with Gasteiger partial charge in [0.15, 0.2) is 0 Å². The summed E-state index contributed by atoms with van der Waals surface area (Å²) in [5, 5.41) is 3.63. The van der Waals surface area contributed by atoms with E-state index >= 15 is 0 Å². The minimum atomic E-state index is -0.444. The number of carbonyl (C=O) groups excluding carboxylic acids is 1. The highest BCUT2D eigenvalue weighted by Crippen LogP contribution is 2.26. The molecule has 2 aliphatic rings. The Bertz CT molecular complexity index is 577. The molecule has 0 bridgehead atoms. The van der Waals surface area contributed by atoms with Crippen LogP contribution in [0.15, 0.2) is 18.2 Å². The first-order valence-corrected chi connectivity index (χ1v) is 9.46. The second-order valence-electron chi connectivity index (χ2n) is 7.38. The number of nitrogens with zero attached hydrogens (tertiary/aromatic N) is 1. The number of ether oxygens (including phenoxy) is 1. The number of hydrogen-bond acceptors (Lipinski definition) is 4. The average Bonchev–Trinajstić information content (AvgIpc) is 3.12. The van der Waals surface area contributed by atoms with Gasteiger partial charge in [-0.25, -0.2) is 4.79 Å². The summed E-state index contributed by atoms with van der Waals surface area (Å²) in [6, 6.07) is 7.20. The van der Waals surface area contributed by atoms with Crippen LogP contribution in [0.25, 0.3) is 0 Å². The van der Waals surface area contributed by atoms with Crippen LogP contribution < -0.4 is 5.32 Å². The van der Waals surface area contributed by atoms with E-state index < -0.39 is 5.60 Å². The predicted molar refractivity (Wildman–Crippen MR) is 94.5 cm³/mol. The van der Waals surface area contributed by atoms with Gasteiger partial charge in [-0.3, -0.25) is 4.90 Å². The van der Waals surface area contributed by atoms with Gasteiger partial charge < -0.3 is 10.1 Å². The molecule has 1 aromatic carbocycles. The molecule has 2 aliphatic heterocycles. The van der Waals surface area contributed by atoms with Gasteiger partial charge in [-0.2, -0.15) is 11.8 Å². The zero-order valence-electron chi connectivity index (χ0n) is 14.2. The van der Waals surface area contributed by atoms with Crippen molar-refractivity contribution in [1.29, 1.82) is 0 Å². The molecule has 1 saturated heterocycles. The van der Waals surface area contributed by atoms with Crippen LogP contribution in [0.1, 0.15) is 43.9 Å². The summed E-state index contributed by atoms with van der Waals surface area (Å²) in [4.78, 5) is 14.0. The van der Waals surface area contributed by atoms with Crippen molar-refractivity contribution in [2.45, 2.75) is 58.5 Å². The highest BCUT2D eigenvalue weighted by atomic mass is 32.2. The minimum absolute atomic E-state index is 0.226. The molecule has 1 amide bonds. The standard InChI is InChI=1S/C18H26N2O2S/c1-18(2,3)22-17(21)20-10-14-5-4-13(8-15(14)11-20)9-19-16-6-7-23-12-16/h4-5,8,16,19H,6-7,9-12H2,1-3H3. The number of rotatable bonds is 3. The van der Waals surface area contributed by atoms with E-state index in [1.807, 2.05) is 32.5 Å². The molecule has 1 atom stereocenters. The monoisotopic (exact) mass is 334 g/mol. The van der Waals surface area contributed by atoms with E-state index in [0.717, 1.165) is 6.54 Å². The van der Waals surface area contributed by atoms with Crippen molar-refractivity contribution in [3.63, 3.8) is 0 Å². The topological polar surface area (TPSA) is 41.6 Å². The van der Waals surface area contributed by atoms with Crippen LogP contribution in [0.5, 0.6) is 0 Å². The van der Waals surface area contributed by atoms with Gasteiger partial charge in [-0.1, -0.05) is 18.2 Å². The summed E-state index contributed by atoms with van der Waals surface area (Å²) in [6.07, 6.45) is 1.04. The second kappa shape index (κ2) is 6.73. The molecule has 3 rings (SSSR count). The highest BCUT2D eigenvalue weighted by Gasteiger charge is 2.27. The Morgan fingerprint density at radius 3 is 2.83 bits per heavy atom. The number of hydrogen-bond donors (Lipinski definition) is 1. The van der Waals surface area contributed by atoms with Crippen molar-refractivity contribution in [1.82, 2.24) is 10.2 Å². The molecule has 5 heteroatoms. The van der Waals surface area contributed by atoms with Crippen LogP contribution in [0.3, 0.4) is 0 Å². The summed E-state index contributed by atoms with van der Waals surface area (Å²) in [7, 11) is 0. The Labute approximate surface area is 143 Å². The van der Waals surface area contributed by atoms with Gasteiger partial charge in [0.2, 0.25) is 0 Å². The van der Waals surface area contributed by atoms with Gasteiger partial charge in [0, 0.05) is 31.4 Å². The van der Waals surface area contributed by atoms with E-state index in [0.29, 0.717) is 19.1 Å². The summed E-state index contributed by atoms with van der Waals surface area (Å²) >= 11 is 2.02. The van der Waals surface area contributed by atoms with Crippen molar-refractivity contribution < 1.29 is 9.53 Å². The normalized spacial score (nSPS) is 20.7. The fraction of sp³-hybridized carbons (Fsp3) is 0.611. The predicted octanol–water partition coefficient (Wildman–Crippen LogP) is 3.53. The van der Waals surface area contributed by atoms with Gasteiger partial charge in [-0.15, -0.1) is 0 Å². The molecular formula is C18H26N2O2S. The maximum atomic E-state index is 12.2. The quantitative estimate of drug-likeness (QED) is 0.918. The van der Waals surface area contributed by atoms with Crippen LogP contribution in [-0.4, -0.2) is 34.1 Å². The van der Waals surface area contributed by atoms with Crippen LogP contribution in [0.4, 0.5) is 4.79 Å². The highest BCUT2D eigenvalue weighted by molar-refractivity contribution is 7.99. The molecule has 0 saturated carbocycles. The smallest absolute Gasteiger partial charge is 0.410 e. The molecule has 126 valence electrons. The number of carbonyl (C=O) groups is 1. The van der Waals surface area contributed by atoms with E-state index in [4.69, 9.17) is 4.74 Å². The first-order chi connectivity index (χ1) is 10.9. The molecule has 23 heavy (non-hydrogen) atoms. The van der Waals surface area contributed by atoms with E-state index in [-0.39, 0.29) is 6.09 Å². The second-order valence-corrected chi connectivity index (χ2v) is 8.53. The van der Waals surface area contributed by atoms with Gasteiger partial charge in [0.05, 0.1) is 0 Å². The molecule has 1 N–H and O–H groups in total. The van der Waals surface area contributed by atoms with Crippen LogP contribution in [-0.2, 0) is 24.4 Å². The molecule has 1 fully saturated rings. The number of benzene rings is 1. The van der Waals surface area contributed by atoms with E-state index in [9.17, 15) is 4.79 Å². The van der Waals surface area contributed by atoms with Gasteiger partial charge in [-0.05, 0) is 49.6 Å². The fourth-order valence-electron chi connectivity index (χ4n) is 2.97. The molecule has 1 unspecified atom stereocenters. The lowest BCUT2D eigenvalue weighted by molar-refractivity contribution is 0.0242. The average molecular weight is 334 g/mol. The van der Waals surface area contributed by atoms with E-state index in [2.05, 4.69) is 23.5 Å². The van der Waals surface area contributed by atoms with Crippen molar-refractivity contribution in [2.75, 3.05) is 11.5 Å². The lowest BCUT2D eigenvalue weighted by Crippen LogP contribution is -2.33. The molecule has 2 heterocycles. The zero-order valence-corrected chi connectivity index (χ0v) is 15.0. The third kappa shape index (κ3) is 4.42. The van der Waals surface area contributed by atoms with Gasteiger partial charge in [0.25, 0.3) is 0 Å². The van der Waals surface area contributed by atoms with E-state index in [1.54, 1.807) is 4.90 Å². The minimum Gasteiger partial charge on any atom is -0.444 e. The first-order valence-electron chi connectivity index (χ1n) is 8.30. The van der Waals surface area contributed by atoms with Gasteiger partial charge >= 0.3 is 6.09 Å². The molecule has 4 nitrogen and oxygen atoms in total. The van der Waals surface area contributed by atoms with Crippen molar-refractivity contribution >= 4 is 17.9 Å². The first kappa shape index (κ1) is 16.7. The van der Waals surface area contributed by atoms with Crippen LogP contribution in [0, 0.1) is 0 Å². The number of thioether (sulfide) groups is 1. The third-order valence-corrected chi connectivity index (χ3v) is 5.33. The molecular weight excluding hydrogens is 308 g/mol. The fourth-order valence-corrected chi connectivity index (χ4v) is 4.16. The molecule has 0 spiro atoms. The van der Waals surface area contributed by atoms with Gasteiger partial charge in [0.1, 0.15) is 5.60 Å². The number of nitrogens with one attached hydrogen (secondary N) is 1. The Kier molecular flexibility index (Phi) is 4.87. The van der Waals surface area contributed by atoms with Crippen molar-refractivity contribution in [2.24, 2.45) is 0 Å². The van der Waals surface area contributed by atoms with E-state index in [1.165, 1.54) is 34.6 Å². The molecule has 0 aliphatic carbocycles. The lowest BCUT2D eigenvalue weighted by atomic mass is 10.1. The van der Waals surface area contributed by atoms with Crippen molar-refractivity contribution in [3.05, 3.63) is 34.9 Å². The number of amides is 1. The maximum Gasteiger partial charge on any atom is 0.410 e. The summed E-state index contributed by atoms with van der Waals surface area (Å²) < 4.78 is 5.47. The summed E-state index contributed by atoms with van der Waals surface area (Å²) in [6.45, 7) is 7.91. The Balaban J connectivity index is 1.58. The SMILES string of the molecule is CC(C)(C)OC(=O)N1Cc2ccc(CNC3CCSC3)cc2C1. The van der Waals surface area contributed by atoms with Crippen LogP contribution >= 0.6 is 11.8 Å². The largest absolute Gasteiger partial charge is 0.444 e. The lowest BCUT2D eigenvalue weighted by Gasteiger charge is -2.24. The Hall–Kier alpha value is -1.20. The summed E-state index contributed by atoms with van der Waals surface area (Å²) in [5.41, 5.74) is 3.33. The zero-order chi connectivity index (χ0) is 16.4. The molecule has 0 radical (unpaired) electrons.